The van der Waals surface area contributed by atoms with Crippen LogP contribution in [-0.4, -0.2) is 44.3 Å². The monoisotopic (exact) mass is 359 g/mol. The molecule has 0 saturated carbocycles. The summed E-state index contributed by atoms with van der Waals surface area (Å²) in [5, 5.41) is 21.9. The molecule has 0 aliphatic carbocycles. The summed E-state index contributed by atoms with van der Waals surface area (Å²) in [6.07, 6.45) is 3.91. The molecular formula is C19H25N3O4. The van der Waals surface area contributed by atoms with E-state index >= 15 is 0 Å². The number of hydrogen-bond donors (Lipinski definition) is 3. The summed E-state index contributed by atoms with van der Waals surface area (Å²) in [6, 6.07) is 8.72. The molecule has 3 N–H and O–H groups in total. The number of nitrogens with zero attached hydrogens (tertiary/aromatic N) is 2. The van der Waals surface area contributed by atoms with Gasteiger partial charge in [0, 0.05) is 11.9 Å². The van der Waals surface area contributed by atoms with Crippen LogP contribution in [0.15, 0.2) is 42.9 Å². The predicted octanol–water partition coefficient (Wildman–Crippen LogP) is 2.52. The largest absolute Gasteiger partial charge is 0.481 e. The molecule has 0 spiro atoms. The zero-order chi connectivity index (χ0) is 19.1. The second-order valence-electron chi connectivity index (χ2n) is 6.68. The fraction of sp³-hybridized carbons (Fsp3) is 0.421. The first-order valence-corrected chi connectivity index (χ1v) is 8.66. The van der Waals surface area contributed by atoms with E-state index in [2.05, 4.69) is 10.3 Å². The highest BCUT2D eigenvalue weighted by molar-refractivity contribution is 5.76. The van der Waals surface area contributed by atoms with E-state index in [1.54, 1.807) is 17.1 Å². The van der Waals surface area contributed by atoms with E-state index in [0.717, 1.165) is 5.69 Å². The number of para-hydroxylation sites is 1. The molecule has 0 saturated heterocycles. The van der Waals surface area contributed by atoms with Gasteiger partial charge in [0.2, 0.25) is 0 Å². The van der Waals surface area contributed by atoms with Gasteiger partial charge in [-0.25, -0.2) is 4.98 Å². The van der Waals surface area contributed by atoms with Crippen LogP contribution in [0, 0.1) is 5.92 Å². The number of aliphatic carboxylic acids is 2. The van der Waals surface area contributed by atoms with Gasteiger partial charge in [0.05, 0.1) is 12.0 Å². The lowest BCUT2D eigenvalue weighted by atomic mass is 10.00. The third kappa shape index (κ3) is 5.16. The standard InChI is InChI=1S/C19H25N3O4/c1-13(2)10-16(19(25)26)21-9-8-15(18(23)24)17-11-20-12-22(17)14-6-4-3-5-7-14/h3-7,11-13,15-16,21H,8-10H2,1-2H3,(H,23,24)(H,25,26). The van der Waals surface area contributed by atoms with Crippen LogP contribution in [0.1, 0.15) is 38.3 Å². The molecule has 2 rings (SSSR count). The van der Waals surface area contributed by atoms with E-state index in [4.69, 9.17) is 0 Å². The Morgan fingerprint density at radius 2 is 1.85 bits per heavy atom. The lowest BCUT2D eigenvalue weighted by Gasteiger charge is -2.19. The van der Waals surface area contributed by atoms with Crippen LogP contribution in [0.3, 0.4) is 0 Å². The Labute approximate surface area is 152 Å². The molecule has 0 aliphatic heterocycles. The van der Waals surface area contributed by atoms with Gasteiger partial charge in [-0.15, -0.1) is 0 Å². The molecule has 1 aromatic carbocycles. The number of imidazole rings is 1. The van der Waals surface area contributed by atoms with Gasteiger partial charge in [0.25, 0.3) is 0 Å². The molecule has 7 nitrogen and oxygen atoms in total. The number of carboxylic acid groups (broad SMARTS) is 2. The Balaban J connectivity index is 2.10. The van der Waals surface area contributed by atoms with Crippen molar-refractivity contribution < 1.29 is 19.8 Å². The Hall–Kier alpha value is -2.67. The van der Waals surface area contributed by atoms with Gasteiger partial charge < -0.3 is 20.1 Å². The third-order valence-electron chi connectivity index (χ3n) is 4.19. The van der Waals surface area contributed by atoms with E-state index in [1.807, 2.05) is 44.2 Å². The number of benzene rings is 1. The summed E-state index contributed by atoms with van der Waals surface area (Å²) < 4.78 is 1.75. The van der Waals surface area contributed by atoms with Crippen molar-refractivity contribution in [3.63, 3.8) is 0 Å². The minimum atomic E-state index is -0.958. The summed E-state index contributed by atoms with van der Waals surface area (Å²) in [5.74, 6) is -2.42. The highest BCUT2D eigenvalue weighted by Gasteiger charge is 2.25. The Morgan fingerprint density at radius 3 is 2.42 bits per heavy atom. The van der Waals surface area contributed by atoms with Crippen LogP contribution in [-0.2, 0) is 9.59 Å². The topological polar surface area (TPSA) is 104 Å². The summed E-state index contributed by atoms with van der Waals surface area (Å²) in [6.45, 7) is 4.20. The Morgan fingerprint density at radius 1 is 1.15 bits per heavy atom. The normalized spacial score (nSPS) is 13.5. The second kappa shape index (κ2) is 9.15. The molecular weight excluding hydrogens is 334 g/mol. The summed E-state index contributed by atoms with van der Waals surface area (Å²) >= 11 is 0. The zero-order valence-corrected chi connectivity index (χ0v) is 15.0. The van der Waals surface area contributed by atoms with Crippen molar-refractivity contribution in [1.82, 2.24) is 14.9 Å². The third-order valence-corrected chi connectivity index (χ3v) is 4.19. The van der Waals surface area contributed by atoms with Crippen molar-refractivity contribution in [2.24, 2.45) is 5.92 Å². The Bertz CT molecular complexity index is 727. The molecule has 0 aliphatic rings. The van der Waals surface area contributed by atoms with E-state index in [9.17, 15) is 19.8 Å². The van der Waals surface area contributed by atoms with Gasteiger partial charge in [-0.2, -0.15) is 0 Å². The summed E-state index contributed by atoms with van der Waals surface area (Å²) in [7, 11) is 0. The van der Waals surface area contributed by atoms with Crippen LogP contribution >= 0.6 is 0 Å². The molecule has 2 atom stereocenters. The maximum atomic E-state index is 11.8. The highest BCUT2D eigenvalue weighted by Crippen LogP contribution is 2.23. The number of rotatable bonds is 10. The molecule has 2 aromatic rings. The van der Waals surface area contributed by atoms with Crippen LogP contribution in [0.25, 0.3) is 5.69 Å². The first kappa shape index (κ1) is 19.7. The molecule has 0 fully saturated rings. The van der Waals surface area contributed by atoms with Crippen molar-refractivity contribution in [3.05, 3.63) is 48.5 Å². The molecule has 0 bridgehead atoms. The first-order chi connectivity index (χ1) is 12.4. The van der Waals surface area contributed by atoms with E-state index < -0.39 is 23.9 Å². The van der Waals surface area contributed by atoms with E-state index in [0.29, 0.717) is 18.7 Å². The van der Waals surface area contributed by atoms with Gasteiger partial charge >= 0.3 is 11.9 Å². The quantitative estimate of drug-likeness (QED) is 0.602. The molecule has 26 heavy (non-hydrogen) atoms. The summed E-state index contributed by atoms with van der Waals surface area (Å²) in [4.78, 5) is 27.2. The average molecular weight is 359 g/mol. The minimum Gasteiger partial charge on any atom is -0.481 e. The van der Waals surface area contributed by atoms with Crippen LogP contribution in [0.2, 0.25) is 0 Å². The molecule has 2 unspecified atom stereocenters. The molecule has 0 radical (unpaired) electrons. The van der Waals surface area contributed by atoms with Gasteiger partial charge in [0.15, 0.2) is 0 Å². The maximum Gasteiger partial charge on any atom is 0.320 e. The molecule has 140 valence electrons. The lowest BCUT2D eigenvalue weighted by Crippen LogP contribution is -2.39. The van der Waals surface area contributed by atoms with Gasteiger partial charge in [0.1, 0.15) is 12.0 Å². The van der Waals surface area contributed by atoms with Crippen molar-refractivity contribution in [3.8, 4) is 5.69 Å². The molecule has 1 heterocycles. The number of carbonyl (C=O) groups is 2. The molecule has 0 amide bonds. The first-order valence-electron chi connectivity index (χ1n) is 8.66. The average Bonchev–Trinajstić information content (AvgIpc) is 3.06. The number of hydrogen-bond acceptors (Lipinski definition) is 4. The van der Waals surface area contributed by atoms with E-state index in [1.165, 1.54) is 0 Å². The predicted molar refractivity (Wildman–Crippen MR) is 97.4 cm³/mol. The fourth-order valence-corrected chi connectivity index (χ4v) is 2.91. The van der Waals surface area contributed by atoms with Gasteiger partial charge in [-0.05, 0) is 37.4 Å². The van der Waals surface area contributed by atoms with Crippen LogP contribution in [0.5, 0.6) is 0 Å². The number of nitrogens with one attached hydrogen (secondary N) is 1. The van der Waals surface area contributed by atoms with Crippen molar-refractivity contribution in [2.75, 3.05) is 6.54 Å². The molecule has 7 heteroatoms. The summed E-state index contributed by atoms with van der Waals surface area (Å²) in [5.41, 5.74) is 1.41. The van der Waals surface area contributed by atoms with Gasteiger partial charge in [-0.1, -0.05) is 32.0 Å². The smallest absolute Gasteiger partial charge is 0.320 e. The second-order valence-corrected chi connectivity index (χ2v) is 6.68. The molecule has 1 aromatic heterocycles. The van der Waals surface area contributed by atoms with Gasteiger partial charge in [-0.3, -0.25) is 9.59 Å². The SMILES string of the molecule is CC(C)CC(NCCC(C(=O)O)c1cncn1-c1ccccc1)C(=O)O. The van der Waals surface area contributed by atoms with Crippen molar-refractivity contribution in [2.45, 2.75) is 38.6 Å². The highest BCUT2D eigenvalue weighted by atomic mass is 16.4. The lowest BCUT2D eigenvalue weighted by molar-refractivity contribution is -0.140. The maximum absolute atomic E-state index is 11.8. The number of carboxylic acids is 2. The number of aromatic nitrogens is 2. The Kier molecular flexibility index (Phi) is 6.91. The fourth-order valence-electron chi connectivity index (χ4n) is 2.91. The minimum absolute atomic E-state index is 0.235. The van der Waals surface area contributed by atoms with Crippen LogP contribution in [0.4, 0.5) is 0 Å². The van der Waals surface area contributed by atoms with Crippen LogP contribution < -0.4 is 5.32 Å². The van der Waals surface area contributed by atoms with Crippen molar-refractivity contribution >= 4 is 11.9 Å². The van der Waals surface area contributed by atoms with Crippen molar-refractivity contribution in [1.29, 1.82) is 0 Å². The van der Waals surface area contributed by atoms with E-state index in [-0.39, 0.29) is 12.3 Å². The zero-order valence-electron chi connectivity index (χ0n) is 15.0.